The normalized spacial score (nSPS) is 18.0. The zero-order chi connectivity index (χ0) is 18.7. The van der Waals surface area contributed by atoms with Crippen molar-refractivity contribution in [1.29, 1.82) is 0 Å². The van der Waals surface area contributed by atoms with E-state index in [0.717, 1.165) is 0 Å². The number of sulfonamides is 1. The summed E-state index contributed by atoms with van der Waals surface area (Å²) < 4.78 is 37.9. The van der Waals surface area contributed by atoms with E-state index >= 15 is 0 Å². The molecule has 1 aromatic heterocycles. The summed E-state index contributed by atoms with van der Waals surface area (Å²) in [5, 5.41) is 2.75. The van der Waals surface area contributed by atoms with Gasteiger partial charge in [0.2, 0.25) is 15.9 Å². The second-order valence-corrected chi connectivity index (χ2v) is 8.06. The number of amides is 1. The van der Waals surface area contributed by atoms with E-state index < -0.39 is 16.1 Å². The minimum absolute atomic E-state index is 0.169. The third-order valence-corrected chi connectivity index (χ3v) is 6.56. The van der Waals surface area contributed by atoms with Gasteiger partial charge in [0.25, 0.3) is 0 Å². The molecule has 0 bridgehead atoms. The number of aryl methyl sites for hydroxylation is 1. The second-order valence-electron chi connectivity index (χ2n) is 6.20. The van der Waals surface area contributed by atoms with Crippen LogP contribution >= 0.6 is 0 Å². The van der Waals surface area contributed by atoms with E-state index in [1.54, 1.807) is 31.2 Å². The molecule has 2 aromatic rings. The Morgan fingerprint density at radius 2 is 2.19 bits per heavy atom. The molecule has 8 heteroatoms. The van der Waals surface area contributed by atoms with E-state index in [-0.39, 0.29) is 17.3 Å². The number of ether oxygens (including phenoxy) is 1. The first-order chi connectivity index (χ1) is 12.4. The molecule has 3 rings (SSSR count). The van der Waals surface area contributed by atoms with Crippen molar-refractivity contribution in [3.8, 4) is 5.75 Å². The topological polar surface area (TPSA) is 88.9 Å². The summed E-state index contributed by atoms with van der Waals surface area (Å²) in [7, 11) is -2.31. The van der Waals surface area contributed by atoms with Gasteiger partial charge >= 0.3 is 0 Å². The zero-order valence-electron chi connectivity index (χ0n) is 14.8. The first kappa shape index (κ1) is 18.5. The molecule has 1 atom stereocenters. The summed E-state index contributed by atoms with van der Waals surface area (Å²) in [4.78, 5) is 12.7. The van der Waals surface area contributed by atoms with Crippen molar-refractivity contribution < 1.29 is 22.4 Å². The Balaban J connectivity index is 1.81. The lowest BCUT2D eigenvalue weighted by atomic mass is 10.2. The van der Waals surface area contributed by atoms with Crippen LogP contribution in [-0.2, 0) is 21.4 Å². The van der Waals surface area contributed by atoms with Gasteiger partial charge in [0.15, 0.2) is 0 Å². The van der Waals surface area contributed by atoms with E-state index in [2.05, 4.69) is 5.32 Å². The van der Waals surface area contributed by atoms with E-state index in [0.29, 0.717) is 36.5 Å². The zero-order valence-corrected chi connectivity index (χ0v) is 15.6. The molecule has 26 heavy (non-hydrogen) atoms. The van der Waals surface area contributed by atoms with E-state index in [9.17, 15) is 13.2 Å². The molecule has 0 unspecified atom stereocenters. The Labute approximate surface area is 153 Å². The average Bonchev–Trinajstić information content (AvgIpc) is 3.31. The molecular weight excluding hydrogens is 356 g/mol. The number of hydrogen-bond donors (Lipinski definition) is 1. The average molecular weight is 378 g/mol. The lowest BCUT2D eigenvalue weighted by Crippen LogP contribution is -2.45. The number of nitrogens with one attached hydrogen (secondary N) is 1. The van der Waals surface area contributed by atoms with Gasteiger partial charge in [-0.2, -0.15) is 4.31 Å². The molecule has 1 N–H and O–H groups in total. The molecule has 7 nitrogen and oxygen atoms in total. The number of rotatable bonds is 6. The Bertz CT molecular complexity index is 877. The fourth-order valence-corrected chi connectivity index (χ4v) is 5.00. The molecule has 1 amide bonds. The highest BCUT2D eigenvalue weighted by Gasteiger charge is 2.40. The van der Waals surface area contributed by atoms with Gasteiger partial charge in [-0.15, -0.1) is 0 Å². The van der Waals surface area contributed by atoms with E-state index in [4.69, 9.17) is 9.15 Å². The van der Waals surface area contributed by atoms with E-state index in [1.807, 2.05) is 0 Å². The molecule has 0 radical (unpaired) electrons. The third kappa shape index (κ3) is 3.61. The maximum absolute atomic E-state index is 13.1. The van der Waals surface area contributed by atoms with Crippen LogP contribution < -0.4 is 10.1 Å². The molecule has 1 aliphatic rings. The fraction of sp³-hybridized carbons (Fsp3) is 0.389. The van der Waals surface area contributed by atoms with Crippen LogP contribution in [0.3, 0.4) is 0 Å². The predicted octanol–water partition coefficient (Wildman–Crippen LogP) is 2.07. The molecule has 0 saturated carbocycles. The van der Waals surface area contributed by atoms with Gasteiger partial charge in [-0.25, -0.2) is 8.42 Å². The lowest BCUT2D eigenvalue weighted by molar-refractivity contribution is -0.124. The molecule has 140 valence electrons. The maximum atomic E-state index is 13.1. The summed E-state index contributed by atoms with van der Waals surface area (Å²) in [5.41, 5.74) is 0.618. The van der Waals surface area contributed by atoms with Crippen molar-refractivity contribution in [2.45, 2.75) is 37.2 Å². The molecule has 1 aromatic carbocycles. The van der Waals surface area contributed by atoms with Crippen LogP contribution in [0.4, 0.5) is 0 Å². The summed E-state index contributed by atoms with van der Waals surface area (Å²) >= 11 is 0. The predicted molar refractivity (Wildman–Crippen MR) is 95.2 cm³/mol. The van der Waals surface area contributed by atoms with Crippen LogP contribution in [0, 0.1) is 6.92 Å². The number of carbonyl (C=O) groups is 1. The molecule has 0 spiro atoms. The summed E-state index contributed by atoms with van der Waals surface area (Å²) in [5.74, 6) is 0.768. The fourth-order valence-electron chi connectivity index (χ4n) is 3.11. The van der Waals surface area contributed by atoms with Gasteiger partial charge in [0.05, 0.1) is 24.8 Å². The highest BCUT2D eigenvalue weighted by molar-refractivity contribution is 7.89. The summed E-state index contributed by atoms with van der Waals surface area (Å²) in [6, 6.07) is 7.68. The minimum Gasteiger partial charge on any atom is -0.497 e. The monoisotopic (exact) mass is 378 g/mol. The van der Waals surface area contributed by atoms with Crippen LogP contribution in [0.1, 0.15) is 24.2 Å². The maximum Gasteiger partial charge on any atom is 0.244 e. The number of hydrogen-bond acceptors (Lipinski definition) is 5. The molecule has 1 aliphatic heterocycles. The van der Waals surface area contributed by atoms with Crippen molar-refractivity contribution >= 4 is 15.9 Å². The van der Waals surface area contributed by atoms with Gasteiger partial charge in [-0.05, 0) is 43.5 Å². The van der Waals surface area contributed by atoms with E-state index in [1.165, 1.54) is 23.7 Å². The molecule has 2 heterocycles. The van der Waals surface area contributed by atoms with Crippen molar-refractivity contribution in [2.75, 3.05) is 13.7 Å². The Kier molecular flexibility index (Phi) is 5.33. The lowest BCUT2D eigenvalue weighted by Gasteiger charge is -2.24. The number of methoxy groups -OCH3 is 1. The van der Waals surface area contributed by atoms with Gasteiger partial charge < -0.3 is 14.5 Å². The van der Waals surface area contributed by atoms with Crippen LogP contribution in [0.15, 0.2) is 45.9 Å². The molecule has 1 fully saturated rings. The summed E-state index contributed by atoms with van der Waals surface area (Å²) in [6.07, 6.45) is 2.66. The second kappa shape index (κ2) is 7.51. The number of furan rings is 1. The minimum atomic E-state index is -3.80. The van der Waals surface area contributed by atoms with Crippen LogP contribution in [0.25, 0.3) is 0 Å². The Morgan fingerprint density at radius 1 is 1.38 bits per heavy atom. The smallest absolute Gasteiger partial charge is 0.244 e. The van der Waals surface area contributed by atoms with Gasteiger partial charge in [0.1, 0.15) is 17.6 Å². The number of benzene rings is 1. The number of nitrogens with zero attached hydrogens (tertiary/aromatic N) is 1. The Hall–Kier alpha value is -2.32. The van der Waals surface area contributed by atoms with Crippen LogP contribution in [-0.4, -0.2) is 38.3 Å². The van der Waals surface area contributed by atoms with Gasteiger partial charge in [0, 0.05) is 12.6 Å². The molecule has 0 aliphatic carbocycles. The number of carbonyl (C=O) groups excluding carboxylic acids is 1. The first-order valence-corrected chi connectivity index (χ1v) is 9.84. The van der Waals surface area contributed by atoms with Crippen LogP contribution in [0.2, 0.25) is 0 Å². The largest absolute Gasteiger partial charge is 0.497 e. The summed E-state index contributed by atoms with van der Waals surface area (Å²) in [6.45, 7) is 2.28. The van der Waals surface area contributed by atoms with Gasteiger partial charge in [-0.1, -0.05) is 6.07 Å². The molecule has 1 saturated heterocycles. The quantitative estimate of drug-likeness (QED) is 0.831. The molecular formula is C18H22N2O5S. The van der Waals surface area contributed by atoms with Crippen molar-refractivity contribution in [1.82, 2.24) is 9.62 Å². The van der Waals surface area contributed by atoms with Gasteiger partial charge in [-0.3, -0.25) is 4.79 Å². The highest BCUT2D eigenvalue weighted by atomic mass is 32.2. The highest BCUT2D eigenvalue weighted by Crippen LogP contribution is 2.30. The van der Waals surface area contributed by atoms with Crippen molar-refractivity contribution in [2.24, 2.45) is 0 Å². The third-order valence-electron chi connectivity index (χ3n) is 4.51. The van der Waals surface area contributed by atoms with Crippen LogP contribution in [0.5, 0.6) is 5.75 Å². The van der Waals surface area contributed by atoms with Crippen molar-refractivity contribution in [3.63, 3.8) is 0 Å². The SMILES string of the molecule is COc1ccc(C)c(S(=O)(=O)N2CCC[C@H]2C(=O)NCc2ccco2)c1. The first-order valence-electron chi connectivity index (χ1n) is 8.40. The standard InChI is InChI=1S/C18H22N2O5S/c1-13-7-8-14(24-2)11-17(13)26(22,23)20-9-3-6-16(20)18(21)19-12-15-5-4-10-25-15/h4-5,7-8,10-11,16H,3,6,9,12H2,1-2H3,(H,19,21)/t16-/m0/s1. The Morgan fingerprint density at radius 3 is 2.88 bits per heavy atom. The van der Waals surface area contributed by atoms with Crippen molar-refractivity contribution in [3.05, 3.63) is 47.9 Å².